The number of methoxy groups -OCH3 is 1. The summed E-state index contributed by atoms with van der Waals surface area (Å²) in [6, 6.07) is 3.25. The minimum Gasteiger partial charge on any atom is -0.496 e. The number of hydrogen-bond acceptors (Lipinski definition) is 6. The van der Waals surface area contributed by atoms with E-state index in [1.807, 2.05) is 0 Å². The van der Waals surface area contributed by atoms with E-state index in [4.69, 9.17) is 25.8 Å². The third-order valence-electron chi connectivity index (χ3n) is 3.59. The molecule has 0 amide bonds. The Morgan fingerprint density at radius 2 is 1.85 bits per heavy atom. The zero-order valence-corrected chi connectivity index (χ0v) is 17.6. The first-order chi connectivity index (χ1) is 12.7. The van der Waals surface area contributed by atoms with Crippen molar-refractivity contribution in [2.75, 3.05) is 25.6 Å². The summed E-state index contributed by atoms with van der Waals surface area (Å²) >= 11 is 6.30. The lowest BCUT2D eigenvalue weighted by Crippen LogP contribution is -2.24. The van der Waals surface area contributed by atoms with Crippen molar-refractivity contribution in [2.45, 2.75) is 59.0 Å². The molecule has 152 valence electrons. The maximum atomic E-state index is 12.3. The lowest BCUT2D eigenvalue weighted by Gasteiger charge is -2.21. The van der Waals surface area contributed by atoms with Crippen LogP contribution in [0, 0.1) is 0 Å². The van der Waals surface area contributed by atoms with Crippen LogP contribution >= 0.6 is 11.6 Å². The van der Waals surface area contributed by atoms with Crippen LogP contribution in [0.1, 0.15) is 63.7 Å². The number of hydrogen-bond donors (Lipinski definition) is 1. The van der Waals surface area contributed by atoms with Crippen molar-refractivity contribution in [1.82, 2.24) is 0 Å². The Hall–Kier alpha value is -1.95. The monoisotopic (exact) mass is 399 g/mol. The summed E-state index contributed by atoms with van der Waals surface area (Å²) in [5.41, 5.74) is 0.373. The maximum absolute atomic E-state index is 12.3. The summed E-state index contributed by atoms with van der Waals surface area (Å²) in [7, 11) is 1.50. The van der Waals surface area contributed by atoms with Crippen molar-refractivity contribution in [2.24, 2.45) is 0 Å². The second-order valence-corrected chi connectivity index (χ2v) is 7.48. The van der Waals surface area contributed by atoms with Crippen LogP contribution in [0.3, 0.4) is 0 Å². The van der Waals surface area contributed by atoms with Crippen LogP contribution in [-0.4, -0.2) is 37.8 Å². The van der Waals surface area contributed by atoms with Gasteiger partial charge in [0.15, 0.2) is 0 Å². The number of ether oxygens (including phenoxy) is 3. The van der Waals surface area contributed by atoms with Gasteiger partial charge in [0.1, 0.15) is 16.9 Å². The SMILES string of the molecule is CCOC(=O)CCCCCNc1cc(OC)c(C(=O)OC(C)(C)C)cc1Cl. The van der Waals surface area contributed by atoms with E-state index in [1.165, 1.54) is 7.11 Å². The van der Waals surface area contributed by atoms with Gasteiger partial charge in [0.05, 0.1) is 24.4 Å². The zero-order valence-electron chi connectivity index (χ0n) is 16.8. The van der Waals surface area contributed by atoms with Gasteiger partial charge < -0.3 is 19.5 Å². The molecule has 1 N–H and O–H groups in total. The number of benzene rings is 1. The molecule has 0 heterocycles. The van der Waals surface area contributed by atoms with Gasteiger partial charge in [0.2, 0.25) is 0 Å². The maximum Gasteiger partial charge on any atom is 0.342 e. The van der Waals surface area contributed by atoms with Crippen molar-refractivity contribution in [1.29, 1.82) is 0 Å². The first kappa shape index (κ1) is 23.1. The fourth-order valence-corrected chi connectivity index (χ4v) is 2.61. The molecule has 0 saturated carbocycles. The van der Waals surface area contributed by atoms with Gasteiger partial charge in [-0.2, -0.15) is 0 Å². The van der Waals surface area contributed by atoms with E-state index in [1.54, 1.807) is 39.8 Å². The van der Waals surface area contributed by atoms with Crippen LogP contribution in [0.5, 0.6) is 5.75 Å². The molecular weight excluding hydrogens is 370 g/mol. The van der Waals surface area contributed by atoms with Crippen LogP contribution in [0.25, 0.3) is 0 Å². The topological polar surface area (TPSA) is 73.9 Å². The van der Waals surface area contributed by atoms with E-state index in [0.717, 1.165) is 19.3 Å². The number of halogens is 1. The van der Waals surface area contributed by atoms with Gasteiger partial charge in [-0.15, -0.1) is 0 Å². The van der Waals surface area contributed by atoms with Crippen LogP contribution in [-0.2, 0) is 14.3 Å². The second kappa shape index (κ2) is 11.0. The van der Waals surface area contributed by atoms with Gasteiger partial charge in [0, 0.05) is 19.0 Å². The predicted octanol–water partition coefficient (Wildman–Crippen LogP) is 4.84. The lowest BCUT2D eigenvalue weighted by molar-refractivity contribution is -0.143. The van der Waals surface area contributed by atoms with Gasteiger partial charge in [-0.3, -0.25) is 4.79 Å². The summed E-state index contributed by atoms with van der Waals surface area (Å²) in [5.74, 6) is -0.235. The molecule has 1 rings (SSSR count). The third-order valence-corrected chi connectivity index (χ3v) is 3.90. The molecule has 0 aliphatic heterocycles. The number of nitrogens with one attached hydrogen (secondary N) is 1. The smallest absolute Gasteiger partial charge is 0.342 e. The summed E-state index contributed by atoms with van der Waals surface area (Å²) in [5, 5.41) is 3.65. The highest BCUT2D eigenvalue weighted by Gasteiger charge is 2.22. The molecule has 0 saturated heterocycles. The molecule has 0 fully saturated rings. The fraction of sp³-hybridized carbons (Fsp3) is 0.600. The minimum absolute atomic E-state index is 0.157. The first-order valence-corrected chi connectivity index (χ1v) is 9.56. The van der Waals surface area contributed by atoms with Crippen LogP contribution in [0.15, 0.2) is 12.1 Å². The van der Waals surface area contributed by atoms with Crippen LogP contribution < -0.4 is 10.1 Å². The van der Waals surface area contributed by atoms with Gasteiger partial charge in [-0.25, -0.2) is 4.79 Å². The van der Waals surface area contributed by atoms with Crippen molar-refractivity contribution in [3.8, 4) is 5.75 Å². The summed E-state index contributed by atoms with van der Waals surface area (Å²) in [6.07, 6.45) is 3.00. The van der Waals surface area contributed by atoms with Gasteiger partial charge in [-0.05, 0) is 46.6 Å². The van der Waals surface area contributed by atoms with Gasteiger partial charge >= 0.3 is 11.9 Å². The number of esters is 2. The van der Waals surface area contributed by atoms with Crippen LogP contribution in [0.4, 0.5) is 5.69 Å². The van der Waals surface area contributed by atoms with Crippen molar-refractivity contribution < 1.29 is 23.8 Å². The zero-order chi connectivity index (χ0) is 20.4. The molecule has 6 nitrogen and oxygen atoms in total. The molecule has 0 radical (unpaired) electrons. The minimum atomic E-state index is -0.602. The number of carbonyl (C=O) groups is 2. The van der Waals surface area contributed by atoms with Gasteiger partial charge in [-0.1, -0.05) is 18.0 Å². The number of unbranched alkanes of at least 4 members (excludes halogenated alkanes) is 2. The molecule has 0 aromatic heterocycles. The normalized spacial score (nSPS) is 11.0. The molecule has 0 unspecified atom stereocenters. The summed E-state index contributed by atoms with van der Waals surface area (Å²) in [6.45, 7) is 8.32. The van der Waals surface area contributed by atoms with E-state index in [2.05, 4.69) is 5.32 Å². The molecule has 7 heteroatoms. The number of anilines is 1. The quantitative estimate of drug-likeness (QED) is 0.448. The Bertz CT molecular complexity index is 640. The molecule has 1 aromatic rings. The highest BCUT2D eigenvalue weighted by atomic mass is 35.5. The van der Waals surface area contributed by atoms with Crippen LogP contribution in [0.2, 0.25) is 5.02 Å². The molecule has 0 aliphatic rings. The van der Waals surface area contributed by atoms with Gasteiger partial charge in [0.25, 0.3) is 0 Å². The molecule has 0 atom stereocenters. The highest BCUT2D eigenvalue weighted by Crippen LogP contribution is 2.32. The molecule has 0 aliphatic carbocycles. The fourth-order valence-electron chi connectivity index (χ4n) is 2.38. The van der Waals surface area contributed by atoms with Crippen molar-refractivity contribution in [3.05, 3.63) is 22.7 Å². The van der Waals surface area contributed by atoms with E-state index < -0.39 is 11.6 Å². The average molecular weight is 400 g/mol. The van der Waals surface area contributed by atoms with E-state index >= 15 is 0 Å². The Morgan fingerprint density at radius 1 is 1.15 bits per heavy atom. The Morgan fingerprint density at radius 3 is 2.44 bits per heavy atom. The number of carbonyl (C=O) groups excluding carboxylic acids is 2. The van der Waals surface area contributed by atoms with E-state index in [0.29, 0.717) is 36.0 Å². The molecule has 27 heavy (non-hydrogen) atoms. The third kappa shape index (κ3) is 8.52. The van der Waals surface area contributed by atoms with Crippen molar-refractivity contribution in [3.63, 3.8) is 0 Å². The predicted molar refractivity (Wildman–Crippen MR) is 107 cm³/mol. The lowest BCUT2D eigenvalue weighted by atomic mass is 10.1. The standard InChI is InChI=1S/C20H30ClNO5/c1-6-26-18(23)10-8-7-9-11-22-16-13-17(25-5)14(12-15(16)21)19(24)27-20(2,3)4/h12-13,22H,6-11H2,1-5H3. The second-order valence-electron chi connectivity index (χ2n) is 7.08. The first-order valence-electron chi connectivity index (χ1n) is 9.18. The average Bonchev–Trinajstić information content (AvgIpc) is 2.57. The highest BCUT2D eigenvalue weighted by molar-refractivity contribution is 6.33. The Kier molecular flexibility index (Phi) is 9.43. The molecular formula is C20H30ClNO5. The van der Waals surface area contributed by atoms with Crippen molar-refractivity contribution >= 4 is 29.2 Å². The Labute approximate surface area is 166 Å². The molecule has 0 spiro atoms. The summed E-state index contributed by atoms with van der Waals surface area (Å²) in [4.78, 5) is 23.6. The number of rotatable bonds is 10. The van der Waals surface area contributed by atoms with E-state index in [9.17, 15) is 9.59 Å². The summed E-state index contributed by atoms with van der Waals surface area (Å²) < 4.78 is 15.6. The molecule has 0 bridgehead atoms. The van der Waals surface area contributed by atoms with E-state index in [-0.39, 0.29) is 11.5 Å². The largest absolute Gasteiger partial charge is 0.496 e. The molecule has 1 aromatic carbocycles. The Balaban J connectivity index is 2.60.